The highest BCUT2D eigenvalue weighted by atomic mass is 15.1. The molecule has 0 saturated carbocycles. The van der Waals surface area contributed by atoms with Crippen molar-refractivity contribution < 1.29 is 9.60 Å². The lowest BCUT2D eigenvalue weighted by Gasteiger charge is -2.27. The van der Waals surface area contributed by atoms with Crippen LogP contribution in [0.4, 0.5) is 17.1 Å². The first-order valence-electron chi connectivity index (χ1n) is 22.4. The smallest absolute Gasteiger partial charge is 0.0648 e. The van der Waals surface area contributed by atoms with E-state index in [0.29, 0.717) is 22.4 Å². The fourth-order valence-electron chi connectivity index (χ4n) is 8.52. The SMILES string of the molecule is [2H]c1c([2H])c(N(c2ccc(-c3cc4ccccc4c4ccccc34)cc2)c2c([2H])c([2H])c3c(c2[2H])C(c2ccccc2)c2ccccc2-3)c([2H])c([2H])c1-c1cccc2ccccc12. The number of hydrogen-bond acceptors (Lipinski definition) is 1. The second-order valence-electron chi connectivity index (χ2n) is 14.3. The molecule has 0 radical (unpaired) electrons. The molecule has 0 bridgehead atoms. The number of anilines is 3. The van der Waals surface area contributed by atoms with Crippen LogP contribution in [0.25, 0.3) is 65.7 Å². The standard InChI is InChI=1S/C55H37N/c1-2-14-40(15-3-1)55-52-23-11-10-21-49(52)51-34-33-44(36-54(51)55)56(42-29-25-38(26-30-42)46-24-12-17-37-13-4-6-18-45(37)46)43-31-27-39(28-32-43)53-35-41-16-5-7-19-47(41)48-20-8-9-22-50(48)53/h1-36,55H/i25D,26D,29D,30D,33D,34D,36D. The Bertz CT molecular complexity index is 3460. The number of fused-ring (bicyclic) bond motifs is 7. The molecule has 0 fully saturated rings. The molecule has 56 heavy (non-hydrogen) atoms. The first kappa shape index (κ1) is 25.7. The van der Waals surface area contributed by atoms with Crippen LogP contribution in [0.2, 0.25) is 0 Å². The predicted octanol–water partition coefficient (Wildman–Crippen LogP) is 15.1. The molecule has 1 aliphatic rings. The summed E-state index contributed by atoms with van der Waals surface area (Å²) in [4.78, 5) is 1.52. The maximum atomic E-state index is 10.1. The molecule has 0 heterocycles. The van der Waals surface area contributed by atoms with Crippen LogP contribution in [0.1, 0.15) is 32.2 Å². The molecule has 10 aromatic carbocycles. The van der Waals surface area contributed by atoms with Crippen molar-refractivity contribution in [1.29, 1.82) is 0 Å². The second kappa shape index (κ2) is 13.3. The average molecular weight is 719 g/mol. The molecule has 0 saturated heterocycles. The lowest BCUT2D eigenvalue weighted by atomic mass is 9.89. The first-order chi connectivity index (χ1) is 30.7. The molecule has 10 aromatic rings. The third-order valence-corrected chi connectivity index (χ3v) is 11.1. The van der Waals surface area contributed by atoms with Gasteiger partial charge in [-0.2, -0.15) is 0 Å². The van der Waals surface area contributed by atoms with E-state index in [-0.39, 0.29) is 59.2 Å². The summed E-state index contributed by atoms with van der Waals surface area (Å²) < 4.78 is 68.1. The van der Waals surface area contributed by atoms with E-state index in [1.54, 1.807) is 0 Å². The van der Waals surface area contributed by atoms with E-state index in [2.05, 4.69) is 30.3 Å². The zero-order valence-corrected chi connectivity index (χ0v) is 30.3. The maximum Gasteiger partial charge on any atom is 0.0648 e. The Morgan fingerprint density at radius 3 is 1.80 bits per heavy atom. The Morgan fingerprint density at radius 2 is 0.982 bits per heavy atom. The molecule has 1 nitrogen and oxygen atoms in total. The molecule has 262 valence electrons. The molecule has 0 aromatic heterocycles. The van der Waals surface area contributed by atoms with E-state index in [1.165, 1.54) is 4.90 Å². The summed E-state index contributed by atoms with van der Waals surface area (Å²) in [6, 6.07) is 55.9. The molecule has 0 spiro atoms. The van der Waals surface area contributed by atoms with Gasteiger partial charge in [0.15, 0.2) is 0 Å². The fourth-order valence-corrected chi connectivity index (χ4v) is 8.52. The van der Waals surface area contributed by atoms with Gasteiger partial charge in [0.2, 0.25) is 0 Å². The average Bonchev–Trinajstić information content (AvgIpc) is 3.68. The third kappa shape index (κ3) is 5.32. The van der Waals surface area contributed by atoms with Crippen LogP contribution in [-0.2, 0) is 0 Å². The van der Waals surface area contributed by atoms with Gasteiger partial charge in [0.25, 0.3) is 0 Å². The predicted molar refractivity (Wildman–Crippen MR) is 237 cm³/mol. The first-order valence-corrected chi connectivity index (χ1v) is 18.9. The third-order valence-electron chi connectivity index (χ3n) is 11.1. The summed E-state index contributed by atoms with van der Waals surface area (Å²) in [5, 5.41) is 6.16. The van der Waals surface area contributed by atoms with Gasteiger partial charge in [-0.1, -0.05) is 176 Å². The van der Waals surface area contributed by atoms with Crippen molar-refractivity contribution in [3.63, 3.8) is 0 Å². The summed E-state index contributed by atoms with van der Waals surface area (Å²) in [5.41, 5.74) is 6.73. The largest absolute Gasteiger partial charge is 0.310 e. The Morgan fingerprint density at radius 1 is 0.357 bits per heavy atom. The molecular formula is C55H37N. The minimum Gasteiger partial charge on any atom is -0.310 e. The van der Waals surface area contributed by atoms with Crippen LogP contribution >= 0.6 is 0 Å². The Hall–Kier alpha value is -7.22. The Kier molecular flexibility index (Phi) is 6.10. The van der Waals surface area contributed by atoms with E-state index >= 15 is 0 Å². The monoisotopic (exact) mass is 718 g/mol. The second-order valence-corrected chi connectivity index (χ2v) is 14.3. The molecular weight excluding hydrogens is 675 g/mol. The van der Waals surface area contributed by atoms with Crippen molar-refractivity contribution in [2.24, 2.45) is 0 Å². The lowest BCUT2D eigenvalue weighted by molar-refractivity contribution is 1.01. The summed E-state index contributed by atoms with van der Waals surface area (Å²) in [6.45, 7) is 0. The van der Waals surface area contributed by atoms with Crippen LogP contribution in [0.15, 0.2) is 218 Å². The van der Waals surface area contributed by atoms with E-state index in [9.17, 15) is 9.60 Å². The normalized spacial score (nSPS) is 14.9. The number of hydrogen-bond donors (Lipinski definition) is 0. The van der Waals surface area contributed by atoms with Crippen LogP contribution in [0.3, 0.4) is 0 Å². The fraction of sp³-hybridized carbons (Fsp3) is 0.0182. The van der Waals surface area contributed by atoms with Crippen molar-refractivity contribution in [3.05, 3.63) is 235 Å². The summed E-state index contributed by atoms with van der Waals surface area (Å²) in [5.74, 6) is -0.420. The quantitative estimate of drug-likeness (QED) is 0.155. The molecule has 0 amide bonds. The summed E-state index contributed by atoms with van der Waals surface area (Å²) in [6.07, 6.45) is 0. The molecule has 11 rings (SSSR count). The molecule has 1 atom stereocenters. The molecule has 1 heteroatoms. The number of rotatable bonds is 6. The zero-order valence-electron chi connectivity index (χ0n) is 37.3. The highest BCUT2D eigenvalue weighted by Crippen LogP contribution is 2.50. The lowest BCUT2D eigenvalue weighted by Crippen LogP contribution is -2.11. The van der Waals surface area contributed by atoms with Gasteiger partial charge in [0.1, 0.15) is 0 Å². The molecule has 1 aliphatic carbocycles. The van der Waals surface area contributed by atoms with Crippen molar-refractivity contribution in [2.75, 3.05) is 4.90 Å². The van der Waals surface area contributed by atoms with Gasteiger partial charge in [-0.3, -0.25) is 0 Å². The number of nitrogens with zero attached hydrogens (tertiary/aromatic N) is 1. The highest BCUT2D eigenvalue weighted by molar-refractivity contribution is 6.13. The topological polar surface area (TPSA) is 3.24 Å². The van der Waals surface area contributed by atoms with Crippen molar-refractivity contribution in [2.45, 2.75) is 5.92 Å². The van der Waals surface area contributed by atoms with Crippen LogP contribution in [-0.4, -0.2) is 0 Å². The molecule has 0 N–H and O–H groups in total. The summed E-state index contributed by atoms with van der Waals surface area (Å²) >= 11 is 0. The van der Waals surface area contributed by atoms with Gasteiger partial charge >= 0.3 is 0 Å². The van der Waals surface area contributed by atoms with Crippen LogP contribution in [0, 0.1) is 0 Å². The van der Waals surface area contributed by atoms with E-state index in [1.807, 2.05) is 146 Å². The van der Waals surface area contributed by atoms with Gasteiger partial charge in [0.05, 0.1) is 9.60 Å². The van der Waals surface area contributed by atoms with E-state index < -0.39 is 5.92 Å². The van der Waals surface area contributed by atoms with Crippen molar-refractivity contribution >= 4 is 49.4 Å². The van der Waals surface area contributed by atoms with Gasteiger partial charge in [-0.25, -0.2) is 0 Å². The minimum atomic E-state index is -0.420. The van der Waals surface area contributed by atoms with Crippen molar-refractivity contribution in [3.8, 4) is 33.4 Å². The van der Waals surface area contributed by atoms with Gasteiger partial charge < -0.3 is 4.90 Å². The van der Waals surface area contributed by atoms with E-state index in [0.717, 1.165) is 60.1 Å². The van der Waals surface area contributed by atoms with Gasteiger partial charge in [-0.15, -0.1) is 0 Å². The molecule has 0 aliphatic heterocycles. The minimum absolute atomic E-state index is 0.00935. The van der Waals surface area contributed by atoms with Gasteiger partial charge in [-0.05, 0) is 125 Å². The zero-order chi connectivity index (χ0) is 43.1. The van der Waals surface area contributed by atoms with Crippen LogP contribution in [0.5, 0.6) is 0 Å². The van der Waals surface area contributed by atoms with E-state index in [4.69, 9.17) is 0 Å². The Labute approximate surface area is 337 Å². The maximum absolute atomic E-state index is 10.1. The highest BCUT2D eigenvalue weighted by Gasteiger charge is 2.30. The summed E-state index contributed by atoms with van der Waals surface area (Å²) in [7, 11) is 0. The molecule has 1 unspecified atom stereocenters. The van der Waals surface area contributed by atoms with Gasteiger partial charge in [0, 0.05) is 23.0 Å². The van der Waals surface area contributed by atoms with Crippen molar-refractivity contribution in [1.82, 2.24) is 0 Å². The Balaban J connectivity index is 1.18. The van der Waals surface area contributed by atoms with Crippen LogP contribution < -0.4 is 4.90 Å². The number of benzene rings is 10.